The van der Waals surface area contributed by atoms with Crippen molar-refractivity contribution in [3.63, 3.8) is 0 Å². The Morgan fingerprint density at radius 2 is 1.64 bits per heavy atom. The van der Waals surface area contributed by atoms with Crippen LogP contribution in [0.15, 0.2) is 12.1 Å². The number of likely N-dealkylation sites (tertiary alicyclic amines) is 1. The SMILES string of the molecule is COc1cc(C(=O)OCCN2CCCC2)cc(OC)c1OC. The van der Waals surface area contributed by atoms with Crippen LogP contribution in [0.5, 0.6) is 17.2 Å². The molecule has 122 valence electrons. The zero-order valence-corrected chi connectivity index (χ0v) is 13.4. The molecule has 1 aliphatic rings. The lowest BCUT2D eigenvalue weighted by Gasteiger charge is -2.15. The van der Waals surface area contributed by atoms with Crippen molar-refractivity contribution in [1.82, 2.24) is 4.90 Å². The number of ether oxygens (including phenoxy) is 4. The number of nitrogens with zero attached hydrogens (tertiary/aromatic N) is 1. The van der Waals surface area contributed by atoms with Crippen LogP contribution in [0.4, 0.5) is 0 Å². The molecule has 0 N–H and O–H groups in total. The molecule has 0 amide bonds. The van der Waals surface area contributed by atoms with E-state index in [0.29, 0.717) is 29.4 Å². The van der Waals surface area contributed by atoms with Gasteiger partial charge in [0.15, 0.2) is 11.5 Å². The Kier molecular flexibility index (Phi) is 5.89. The average Bonchev–Trinajstić information content (AvgIpc) is 3.06. The summed E-state index contributed by atoms with van der Waals surface area (Å²) in [5.41, 5.74) is 0.385. The van der Waals surface area contributed by atoms with Crippen molar-refractivity contribution in [3.8, 4) is 17.2 Å². The summed E-state index contributed by atoms with van der Waals surface area (Å²) < 4.78 is 21.0. The molecule has 0 saturated carbocycles. The van der Waals surface area contributed by atoms with Crippen molar-refractivity contribution in [2.24, 2.45) is 0 Å². The minimum atomic E-state index is -0.390. The molecule has 6 heteroatoms. The monoisotopic (exact) mass is 309 g/mol. The molecule has 0 spiro atoms. The predicted molar refractivity (Wildman–Crippen MR) is 82.1 cm³/mol. The molecule has 0 atom stereocenters. The summed E-state index contributed by atoms with van der Waals surface area (Å²) in [6.07, 6.45) is 2.45. The van der Waals surface area contributed by atoms with Crippen LogP contribution in [0.2, 0.25) is 0 Å². The molecular weight excluding hydrogens is 286 g/mol. The normalized spacial score (nSPS) is 14.7. The molecule has 1 saturated heterocycles. The first-order chi connectivity index (χ1) is 10.7. The van der Waals surface area contributed by atoms with E-state index in [1.54, 1.807) is 12.1 Å². The van der Waals surface area contributed by atoms with E-state index in [0.717, 1.165) is 19.6 Å². The Hall–Kier alpha value is -1.95. The molecule has 1 aromatic rings. The third kappa shape index (κ3) is 3.82. The standard InChI is InChI=1S/C16H23NO5/c1-19-13-10-12(11-14(20-2)15(13)21-3)16(18)22-9-8-17-6-4-5-7-17/h10-11H,4-9H2,1-3H3. The van der Waals surface area contributed by atoms with Crippen LogP contribution in [-0.4, -0.2) is 58.4 Å². The van der Waals surface area contributed by atoms with Crippen LogP contribution >= 0.6 is 0 Å². The number of carbonyl (C=O) groups is 1. The van der Waals surface area contributed by atoms with Gasteiger partial charge in [0.1, 0.15) is 6.61 Å². The van der Waals surface area contributed by atoms with E-state index in [1.165, 1.54) is 34.2 Å². The molecule has 1 aliphatic heterocycles. The van der Waals surface area contributed by atoms with Gasteiger partial charge in [0.2, 0.25) is 5.75 Å². The fourth-order valence-electron chi connectivity index (χ4n) is 2.56. The van der Waals surface area contributed by atoms with Gasteiger partial charge in [-0.2, -0.15) is 0 Å². The highest BCUT2D eigenvalue weighted by atomic mass is 16.5. The van der Waals surface area contributed by atoms with Gasteiger partial charge in [0, 0.05) is 6.54 Å². The molecule has 6 nitrogen and oxygen atoms in total. The van der Waals surface area contributed by atoms with Gasteiger partial charge in [0.25, 0.3) is 0 Å². The molecule has 0 unspecified atom stereocenters. The van der Waals surface area contributed by atoms with Crippen LogP contribution < -0.4 is 14.2 Å². The Balaban J connectivity index is 2.01. The Morgan fingerprint density at radius 3 is 2.14 bits per heavy atom. The van der Waals surface area contributed by atoms with Gasteiger partial charge in [-0.05, 0) is 38.1 Å². The molecule has 1 aromatic carbocycles. The average molecular weight is 309 g/mol. The van der Waals surface area contributed by atoms with E-state index in [2.05, 4.69) is 4.90 Å². The van der Waals surface area contributed by atoms with Crippen LogP contribution in [-0.2, 0) is 4.74 Å². The lowest BCUT2D eigenvalue weighted by Crippen LogP contribution is -2.25. The van der Waals surface area contributed by atoms with Crippen molar-refractivity contribution in [2.45, 2.75) is 12.8 Å². The van der Waals surface area contributed by atoms with E-state index >= 15 is 0 Å². The summed E-state index contributed by atoms with van der Waals surface area (Å²) in [6, 6.07) is 3.19. The Labute approximate surface area is 130 Å². The quantitative estimate of drug-likeness (QED) is 0.718. The number of hydrogen-bond acceptors (Lipinski definition) is 6. The van der Waals surface area contributed by atoms with Crippen molar-refractivity contribution in [2.75, 3.05) is 47.6 Å². The highest BCUT2D eigenvalue weighted by Crippen LogP contribution is 2.38. The molecule has 1 heterocycles. The number of carbonyl (C=O) groups excluding carboxylic acids is 1. The summed E-state index contributed by atoms with van der Waals surface area (Å²) >= 11 is 0. The van der Waals surface area contributed by atoms with E-state index in [4.69, 9.17) is 18.9 Å². The summed E-state index contributed by atoms with van der Waals surface area (Å²) in [7, 11) is 4.55. The summed E-state index contributed by atoms with van der Waals surface area (Å²) in [4.78, 5) is 14.5. The third-order valence-corrected chi connectivity index (χ3v) is 3.74. The fourth-order valence-corrected chi connectivity index (χ4v) is 2.56. The van der Waals surface area contributed by atoms with Gasteiger partial charge in [-0.1, -0.05) is 0 Å². The van der Waals surface area contributed by atoms with Gasteiger partial charge >= 0.3 is 5.97 Å². The second-order valence-electron chi connectivity index (χ2n) is 5.10. The maximum absolute atomic E-state index is 12.2. The van der Waals surface area contributed by atoms with Crippen LogP contribution in [0, 0.1) is 0 Å². The van der Waals surface area contributed by atoms with Crippen LogP contribution in [0.25, 0.3) is 0 Å². The molecule has 0 radical (unpaired) electrons. The number of rotatable bonds is 7. The minimum absolute atomic E-state index is 0.384. The summed E-state index contributed by atoms with van der Waals surface area (Å²) in [5.74, 6) is 0.943. The number of hydrogen-bond donors (Lipinski definition) is 0. The van der Waals surface area contributed by atoms with Gasteiger partial charge in [-0.3, -0.25) is 4.90 Å². The van der Waals surface area contributed by atoms with Gasteiger partial charge in [0.05, 0.1) is 26.9 Å². The lowest BCUT2D eigenvalue weighted by molar-refractivity contribution is 0.0471. The molecule has 22 heavy (non-hydrogen) atoms. The maximum Gasteiger partial charge on any atom is 0.338 e. The number of methoxy groups -OCH3 is 3. The number of benzene rings is 1. The molecule has 0 bridgehead atoms. The zero-order valence-electron chi connectivity index (χ0n) is 13.4. The molecule has 1 fully saturated rings. The highest BCUT2D eigenvalue weighted by molar-refractivity contribution is 5.91. The second kappa shape index (κ2) is 7.89. The first kappa shape index (κ1) is 16.4. The highest BCUT2D eigenvalue weighted by Gasteiger charge is 2.18. The molecule has 0 aromatic heterocycles. The zero-order chi connectivity index (χ0) is 15.9. The van der Waals surface area contributed by atoms with Crippen molar-refractivity contribution in [1.29, 1.82) is 0 Å². The van der Waals surface area contributed by atoms with E-state index in [9.17, 15) is 4.79 Å². The Morgan fingerprint density at radius 1 is 1.05 bits per heavy atom. The van der Waals surface area contributed by atoms with Crippen LogP contribution in [0.1, 0.15) is 23.2 Å². The maximum atomic E-state index is 12.2. The van der Waals surface area contributed by atoms with E-state index in [1.807, 2.05) is 0 Å². The molecule has 2 rings (SSSR count). The van der Waals surface area contributed by atoms with Crippen molar-refractivity contribution < 1.29 is 23.7 Å². The van der Waals surface area contributed by atoms with Gasteiger partial charge < -0.3 is 18.9 Å². The minimum Gasteiger partial charge on any atom is -0.493 e. The van der Waals surface area contributed by atoms with Crippen molar-refractivity contribution in [3.05, 3.63) is 17.7 Å². The lowest BCUT2D eigenvalue weighted by atomic mass is 10.2. The van der Waals surface area contributed by atoms with Gasteiger partial charge in [-0.25, -0.2) is 4.79 Å². The number of esters is 1. The summed E-state index contributed by atoms with van der Waals surface area (Å²) in [6.45, 7) is 3.33. The predicted octanol–water partition coefficient (Wildman–Crippen LogP) is 1.96. The largest absolute Gasteiger partial charge is 0.493 e. The first-order valence-electron chi connectivity index (χ1n) is 7.39. The third-order valence-electron chi connectivity index (χ3n) is 3.74. The molecule has 0 aliphatic carbocycles. The second-order valence-corrected chi connectivity index (χ2v) is 5.10. The van der Waals surface area contributed by atoms with Gasteiger partial charge in [-0.15, -0.1) is 0 Å². The Bertz CT molecular complexity index is 486. The molecular formula is C16H23NO5. The fraction of sp³-hybridized carbons (Fsp3) is 0.562. The first-order valence-corrected chi connectivity index (χ1v) is 7.39. The topological polar surface area (TPSA) is 57.2 Å². The smallest absolute Gasteiger partial charge is 0.338 e. The van der Waals surface area contributed by atoms with E-state index in [-0.39, 0.29) is 0 Å². The van der Waals surface area contributed by atoms with E-state index < -0.39 is 5.97 Å². The van der Waals surface area contributed by atoms with Crippen LogP contribution in [0.3, 0.4) is 0 Å². The summed E-state index contributed by atoms with van der Waals surface area (Å²) in [5, 5.41) is 0. The van der Waals surface area contributed by atoms with Crippen molar-refractivity contribution >= 4 is 5.97 Å².